The molecule has 0 unspecified atom stereocenters. The summed E-state index contributed by atoms with van der Waals surface area (Å²) in [5.41, 5.74) is 11.2. The molecule has 0 heterocycles. The van der Waals surface area contributed by atoms with Crippen LogP contribution in [-0.4, -0.2) is 70.5 Å². The molecule has 0 saturated carbocycles. The lowest BCUT2D eigenvalue weighted by Crippen LogP contribution is -2.56. The maximum atomic E-state index is 12.9. The van der Waals surface area contributed by atoms with Crippen LogP contribution in [0.25, 0.3) is 10.8 Å². The van der Waals surface area contributed by atoms with Gasteiger partial charge < -0.3 is 32.3 Å². The van der Waals surface area contributed by atoms with Gasteiger partial charge in [-0.15, -0.1) is 0 Å². The molecular formula is C25H31N5O8. The van der Waals surface area contributed by atoms with Crippen molar-refractivity contribution < 1.29 is 39.0 Å². The van der Waals surface area contributed by atoms with Crippen molar-refractivity contribution in [2.45, 2.75) is 50.2 Å². The first-order chi connectivity index (χ1) is 18.0. The van der Waals surface area contributed by atoms with E-state index >= 15 is 0 Å². The molecule has 3 atom stereocenters. The number of benzene rings is 2. The SMILES string of the molecule is NCCCC[C@H](NC(=O)[C@H](CC(=O)O)NC(=O)[C@@H](N)CC(=O)O)C(=O)NC(=O)c1ccc2ccccc2c1. The predicted molar refractivity (Wildman–Crippen MR) is 136 cm³/mol. The van der Waals surface area contributed by atoms with Gasteiger partial charge in [0.15, 0.2) is 0 Å². The lowest BCUT2D eigenvalue weighted by molar-refractivity contribution is -0.142. The van der Waals surface area contributed by atoms with Gasteiger partial charge in [-0.25, -0.2) is 0 Å². The van der Waals surface area contributed by atoms with Gasteiger partial charge in [0.05, 0.1) is 18.9 Å². The minimum Gasteiger partial charge on any atom is -0.481 e. The summed E-state index contributed by atoms with van der Waals surface area (Å²) in [4.78, 5) is 72.8. The summed E-state index contributed by atoms with van der Waals surface area (Å²) in [6, 6.07) is 7.78. The number of hydrogen-bond acceptors (Lipinski definition) is 8. The maximum absolute atomic E-state index is 12.9. The summed E-state index contributed by atoms with van der Waals surface area (Å²) in [7, 11) is 0. The molecule has 204 valence electrons. The van der Waals surface area contributed by atoms with Crippen LogP contribution in [0.2, 0.25) is 0 Å². The highest BCUT2D eigenvalue weighted by Gasteiger charge is 2.30. The molecule has 0 aliphatic heterocycles. The Morgan fingerprint density at radius 1 is 0.763 bits per heavy atom. The number of unbranched alkanes of at least 4 members (excludes halogenated alkanes) is 1. The van der Waals surface area contributed by atoms with E-state index in [-0.39, 0.29) is 12.0 Å². The number of amides is 4. The van der Waals surface area contributed by atoms with E-state index in [0.29, 0.717) is 19.4 Å². The Bertz CT molecular complexity index is 1200. The summed E-state index contributed by atoms with van der Waals surface area (Å²) in [5.74, 6) is -6.41. The van der Waals surface area contributed by atoms with Gasteiger partial charge in [0.1, 0.15) is 12.1 Å². The molecule has 0 bridgehead atoms. The van der Waals surface area contributed by atoms with Crippen LogP contribution in [0.3, 0.4) is 0 Å². The van der Waals surface area contributed by atoms with Gasteiger partial charge in [0.25, 0.3) is 5.91 Å². The van der Waals surface area contributed by atoms with Crippen LogP contribution in [0.1, 0.15) is 42.5 Å². The number of carboxylic acids is 2. The van der Waals surface area contributed by atoms with Crippen molar-refractivity contribution in [2.75, 3.05) is 6.54 Å². The molecule has 9 N–H and O–H groups in total. The molecule has 13 nitrogen and oxygen atoms in total. The molecule has 0 aliphatic carbocycles. The van der Waals surface area contributed by atoms with Crippen LogP contribution < -0.4 is 27.4 Å². The van der Waals surface area contributed by atoms with E-state index in [1.165, 1.54) is 0 Å². The molecule has 2 aromatic carbocycles. The molecule has 0 aliphatic rings. The number of carbonyl (C=O) groups is 6. The Labute approximate surface area is 217 Å². The minimum atomic E-state index is -1.65. The molecular weight excluding hydrogens is 498 g/mol. The largest absolute Gasteiger partial charge is 0.481 e. The second-order valence-corrected chi connectivity index (χ2v) is 8.59. The van der Waals surface area contributed by atoms with E-state index < -0.39 is 66.5 Å². The van der Waals surface area contributed by atoms with E-state index in [2.05, 4.69) is 16.0 Å². The van der Waals surface area contributed by atoms with Crippen LogP contribution in [-0.2, 0) is 24.0 Å². The first-order valence-corrected chi connectivity index (χ1v) is 11.9. The fourth-order valence-corrected chi connectivity index (χ4v) is 3.58. The maximum Gasteiger partial charge on any atom is 0.305 e. The smallest absolute Gasteiger partial charge is 0.305 e. The minimum absolute atomic E-state index is 0.0754. The Kier molecular flexibility index (Phi) is 11.3. The molecule has 0 radical (unpaired) electrons. The summed E-state index contributed by atoms with van der Waals surface area (Å²) in [6.07, 6.45) is -0.610. The predicted octanol–water partition coefficient (Wildman–Crippen LogP) is -0.528. The summed E-state index contributed by atoms with van der Waals surface area (Å²) >= 11 is 0. The van der Waals surface area contributed by atoms with Gasteiger partial charge in [0.2, 0.25) is 17.7 Å². The van der Waals surface area contributed by atoms with Crippen molar-refractivity contribution >= 4 is 46.3 Å². The van der Waals surface area contributed by atoms with Crippen molar-refractivity contribution in [3.05, 3.63) is 48.0 Å². The fraction of sp³-hybridized carbons (Fsp3) is 0.360. The first-order valence-electron chi connectivity index (χ1n) is 11.9. The van der Waals surface area contributed by atoms with Crippen molar-refractivity contribution in [1.82, 2.24) is 16.0 Å². The highest BCUT2D eigenvalue weighted by molar-refractivity contribution is 6.08. The fourth-order valence-electron chi connectivity index (χ4n) is 3.58. The number of nitrogens with one attached hydrogen (secondary N) is 3. The number of rotatable bonds is 14. The van der Waals surface area contributed by atoms with E-state index in [1.54, 1.807) is 24.3 Å². The van der Waals surface area contributed by atoms with Gasteiger partial charge in [-0.3, -0.25) is 34.1 Å². The Balaban J connectivity index is 2.16. The number of nitrogens with two attached hydrogens (primary N) is 2. The zero-order valence-corrected chi connectivity index (χ0v) is 20.5. The van der Waals surface area contributed by atoms with E-state index in [4.69, 9.17) is 16.6 Å². The number of carboxylic acid groups (broad SMARTS) is 2. The molecule has 2 rings (SSSR count). The van der Waals surface area contributed by atoms with Crippen LogP contribution in [0, 0.1) is 0 Å². The highest BCUT2D eigenvalue weighted by Crippen LogP contribution is 2.15. The molecule has 0 saturated heterocycles. The van der Waals surface area contributed by atoms with Crippen molar-refractivity contribution in [3.63, 3.8) is 0 Å². The van der Waals surface area contributed by atoms with Crippen LogP contribution in [0.15, 0.2) is 42.5 Å². The monoisotopic (exact) mass is 529 g/mol. The number of hydrogen-bond donors (Lipinski definition) is 7. The van der Waals surface area contributed by atoms with E-state index in [9.17, 15) is 33.9 Å². The lowest BCUT2D eigenvalue weighted by Gasteiger charge is -2.23. The van der Waals surface area contributed by atoms with Crippen molar-refractivity contribution in [2.24, 2.45) is 11.5 Å². The third-order valence-corrected chi connectivity index (χ3v) is 5.57. The zero-order valence-electron chi connectivity index (χ0n) is 20.5. The third kappa shape index (κ3) is 9.26. The van der Waals surface area contributed by atoms with Crippen LogP contribution in [0.5, 0.6) is 0 Å². The average Bonchev–Trinajstić information content (AvgIpc) is 2.86. The molecule has 2 aromatic rings. The van der Waals surface area contributed by atoms with Gasteiger partial charge in [-0.2, -0.15) is 0 Å². The van der Waals surface area contributed by atoms with E-state index in [0.717, 1.165) is 10.8 Å². The van der Waals surface area contributed by atoms with Gasteiger partial charge in [-0.05, 0) is 48.7 Å². The molecule has 0 spiro atoms. The Hall–Kier alpha value is -4.36. The zero-order chi connectivity index (χ0) is 28.2. The number of fused-ring (bicyclic) bond motifs is 1. The quantitative estimate of drug-likeness (QED) is 0.155. The third-order valence-electron chi connectivity index (χ3n) is 5.57. The topological polar surface area (TPSA) is 231 Å². The summed E-state index contributed by atoms with van der Waals surface area (Å²) in [5, 5.41) is 26.4. The Morgan fingerprint density at radius 3 is 2.03 bits per heavy atom. The first kappa shape index (κ1) is 29.9. The van der Waals surface area contributed by atoms with Crippen LogP contribution >= 0.6 is 0 Å². The second kappa shape index (κ2) is 14.4. The molecule has 4 amide bonds. The highest BCUT2D eigenvalue weighted by atomic mass is 16.4. The molecule has 0 aromatic heterocycles. The standard InChI is InChI=1S/C25H31N5O8/c26-10-4-3-7-18(24(37)30-22(35)16-9-8-14-5-1-2-6-15(14)11-16)28-25(38)19(13-21(33)34)29-23(36)17(27)12-20(31)32/h1-2,5-6,8-9,11,17-19H,3-4,7,10,12-13,26-27H2,(H,28,38)(H,29,36)(H,31,32)(H,33,34)(H,30,35,37)/t17-,18-,19-/m0/s1. The number of aliphatic carboxylic acids is 2. The second-order valence-electron chi connectivity index (χ2n) is 8.59. The van der Waals surface area contributed by atoms with Gasteiger partial charge in [0, 0.05) is 5.56 Å². The van der Waals surface area contributed by atoms with E-state index in [1.807, 2.05) is 18.2 Å². The molecule has 38 heavy (non-hydrogen) atoms. The number of carbonyl (C=O) groups excluding carboxylic acids is 4. The molecule has 0 fully saturated rings. The normalized spacial score (nSPS) is 13.1. The number of imide groups is 1. The van der Waals surface area contributed by atoms with Gasteiger partial charge in [-0.1, -0.05) is 30.3 Å². The van der Waals surface area contributed by atoms with Crippen LogP contribution in [0.4, 0.5) is 0 Å². The van der Waals surface area contributed by atoms with Gasteiger partial charge >= 0.3 is 11.9 Å². The van der Waals surface area contributed by atoms with Crippen molar-refractivity contribution in [3.8, 4) is 0 Å². The lowest BCUT2D eigenvalue weighted by atomic mass is 10.1. The average molecular weight is 530 g/mol. The summed E-state index contributed by atoms with van der Waals surface area (Å²) in [6.45, 7) is 0.317. The Morgan fingerprint density at radius 2 is 1.39 bits per heavy atom. The molecule has 13 heteroatoms. The van der Waals surface area contributed by atoms with Crippen molar-refractivity contribution in [1.29, 1.82) is 0 Å². The summed E-state index contributed by atoms with van der Waals surface area (Å²) < 4.78 is 0.